The summed E-state index contributed by atoms with van der Waals surface area (Å²) in [6, 6.07) is 2.62. The first-order valence-corrected chi connectivity index (χ1v) is 14.5. The minimum Gasteiger partial charge on any atom is -0.453 e. The number of carbonyl (C=O) groups is 3. The molecule has 3 aromatic rings. The number of aromatic nitrogens is 4. The van der Waals surface area contributed by atoms with Gasteiger partial charge in [0.2, 0.25) is 11.8 Å². The molecule has 2 aliphatic rings. The number of nitrogens with zero attached hydrogens (tertiary/aromatic N) is 7. The van der Waals surface area contributed by atoms with Gasteiger partial charge in [0.05, 0.1) is 38.0 Å². The zero-order chi connectivity index (χ0) is 33.0. The van der Waals surface area contributed by atoms with E-state index in [1.54, 1.807) is 18.0 Å². The molecule has 0 aromatic carbocycles. The Balaban J connectivity index is 1.40. The fourth-order valence-electron chi connectivity index (χ4n) is 5.17. The maximum Gasteiger partial charge on any atom is 0.417 e. The van der Waals surface area contributed by atoms with Crippen molar-refractivity contribution >= 4 is 35.1 Å². The number of rotatable bonds is 8. The van der Waals surface area contributed by atoms with E-state index < -0.39 is 17.8 Å². The minimum absolute atomic E-state index is 0.0992. The Labute approximate surface area is 262 Å². The van der Waals surface area contributed by atoms with Crippen LogP contribution in [-0.2, 0) is 31.8 Å². The summed E-state index contributed by atoms with van der Waals surface area (Å²) in [7, 11) is 1.09. The summed E-state index contributed by atoms with van der Waals surface area (Å²) < 4.78 is 54.2. The van der Waals surface area contributed by atoms with Crippen molar-refractivity contribution in [3.05, 3.63) is 47.8 Å². The van der Waals surface area contributed by atoms with Crippen molar-refractivity contribution in [3.8, 4) is 11.4 Å². The lowest BCUT2D eigenvalue weighted by atomic mass is 10.1. The lowest BCUT2D eigenvalue weighted by molar-refractivity contribution is -0.137. The molecule has 0 aliphatic carbocycles. The summed E-state index contributed by atoms with van der Waals surface area (Å²) in [4.78, 5) is 50.2. The first-order chi connectivity index (χ1) is 21.9. The Kier molecular flexibility index (Phi) is 9.71. The molecule has 0 unspecified atom stereocenters. The van der Waals surface area contributed by atoms with Gasteiger partial charge in [-0.2, -0.15) is 13.2 Å². The molecular formula is C29H34F3N9O5. The van der Waals surface area contributed by atoms with Crippen LogP contribution < -0.4 is 15.5 Å². The van der Waals surface area contributed by atoms with Crippen LogP contribution in [0.2, 0.25) is 0 Å². The van der Waals surface area contributed by atoms with Crippen LogP contribution in [0.15, 0.2) is 36.7 Å². The van der Waals surface area contributed by atoms with Gasteiger partial charge in [-0.05, 0) is 24.6 Å². The molecule has 46 heavy (non-hydrogen) atoms. The highest BCUT2D eigenvalue weighted by Gasteiger charge is 2.36. The highest BCUT2D eigenvalue weighted by molar-refractivity contribution is 5.94. The van der Waals surface area contributed by atoms with Gasteiger partial charge in [0, 0.05) is 63.8 Å². The number of nitrogens with one attached hydrogen (secondary N) is 2. The number of morpholine rings is 1. The third-order valence-electron chi connectivity index (χ3n) is 7.60. The number of piperazine rings is 1. The molecule has 5 heterocycles. The molecule has 2 fully saturated rings. The SMILES string of the molecule is C=C(C)C(=O)NCC(=O)N1CCN(Cc2cc3c(N4CCOCC4)nc(-c4cnc(NC(=O)OC)cc4C(F)(F)F)nn3c2)CC1. The van der Waals surface area contributed by atoms with Crippen LogP contribution >= 0.6 is 0 Å². The van der Waals surface area contributed by atoms with E-state index in [0.29, 0.717) is 82.0 Å². The van der Waals surface area contributed by atoms with E-state index in [1.807, 2.05) is 11.0 Å². The fourth-order valence-corrected chi connectivity index (χ4v) is 5.17. The molecule has 0 saturated carbocycles. The third kappa shape index (κ3) is 7.54. The fraction of sp³-hybridized carbons (Fsp3) is 0.448. The smallest absolute Gasteiger partial charge is 0.417 e. The zero-order valence-corrected chi connectivity index (χ0v) is 25.4. The Hall–Kier alpha value is -4.77. The number of halogens is 3. The maximum absolute atomic E-state index is 14.2. The van der Waals surface area contributed by atoms with Gasteiger partial charge in [0.15, 0.2) is 11.6 Å². The normalized spacial score (nSPS) is 15.9. The monoisotopic (exact) mass is 645 g/mol. The van der Waals surface area contributed by atoms with Gasteiger partial charge in [-0.15, -0.1) is 5.10 Å². The van der Waals surface area contributed by atoms with Crippen molar-refractivity contribution < 1.29 is 37.0 Å². The second kappa shape index (κ2) is 13.7. The number of methoxy groups -OCH3 is 1. The number of anilines is 2. The van der Waals surface area contributed by atoms with Crippen molar-refractivity contribution in [3.63, 3.8) is 0 Å². The van der Waals surface area contributed by atoms with Crippen molar-refractivity contribution in [2.24, 2.45) is 0 Å². The molecular weight excluding hydrogens is 611 g/mol. The number of alkyl halides is 3. The molecule has 2 aliphatic heterocycles. The van der Waals surface area contributed by atoms with Gasteiger partial charge in [-0.1, -0.05) is 6.58 Å². The molecule has 0 radical (unpaired) electrons. The second-order valence-corrected chi connectivity index (χ2v) is 10.9. The predicted octanol–water partition coefficient (Wildman–Crippen LogP) is 2.16. The molecule has 3 aromatic heterocycles. The van der Waals surface area contributed by atoms with Crippen molar-refractivity contribution in [2.75, 3.05) is 76.4 Å². The third-order valence-corrected chi connectivity index (χ3v) is 7.60. The summed E-state index contributed by atoms with van der Waals surface area (Å²) in [5.41, 5.74) is 0.388. The van der Waals surface area contributed by atoms with E-state index in [4.69, 9.17) is 4.74 Å². The van der Waals surface area contributed by atoms with Crippen LogP contribution in [0.1, 0.15) is 18.1 Å². The number of hydrogen-bond donors (Lipinski definition) is 2. The summed E-state index contributed by atoms with van der Waals surface area (Å²) in [5.74, 6) is -0.611. The average Bonchev–Trinajstić information content (AvgIpc) is 3.45. The number of ether oxygens (including phenoxy) is 2. The molecule has 5 rings (SSSR count). The molecule has 0 spiro atoms. The van der Waals surface area contributed by atoms with E-state index >= 15 is 0 Å². The molecule has 17 heteroatoms. The number of fused-ring (bicyclic) bond motifs is 1. The van der Waals surface area contributed by atoms with E-state index in [-0.39, 0.29) is 35.6 Å². The highest BCUT2D eigenvalue weighted by Crippen LogP contribution is 2.38. The van der Waals surface area contributed by atoms with Crippen LogP contribution in [0.4, 0.5) is 29.6 Å². The number of hydrogen-bond acceptors (Lipinski definition) is 10. The molecule has 0 bridgehead atoms. The predicted molar refractivity (Wildman–Crippen MR) is 160 cm³/mol. The van der Waals surface area contributed by atoms with E-state index in [2.05, 4.69) is 41.9 Å². The largest absolute Gasteiger partial charge is 0.453 e. The number of carbonyl (C=O) groups excluding carboxylic acids is 3. The average molecular weight is 646 g/mol. The number of amides is 3. The summed E-state index contributed by atoms with van der Waals surface area (Å²) in [5, 5.41) is 9.18. The highest BCUT2D eigenvalue weighted by atomic mass is 19.4. The molecule has 0 atom stereocenters. The second-order valence-electron chi connectivity index (χ2n) is 10.9. The zero-order valence-electron chi connectivity index (χ0n) is 25.4. The van der Waals surface area contributed by atoms with Crippen LogP contribution in [0.25, 0.3) is 16.9 Å². The van der Waals surface area contributed by atoms with Gasteiger partial charge in [-0.25, -0.2) is 19.3 Å². The van der Waals surface area contributed by atoms with Crippen LogP contribution in [0.3, 0.4) is 0 Å². The van der Waals surface area contributed by atoms with Crippen LogP contribution in [-0.4, -0.2) is 113 Å². The van der Waals surface area contributed by atoms with Crippen molar-refractivity contribution in [1.82, 2.24) is 34.7 Å². The topological polar surface area (TPSA) is 147 Å². The quantitative estimate of drug-likeness (QED) is 0.350. The molecule has 2 N–H and O–H groups in total. The van der Waals surface area contributed by atoms with Gasteiger partial charge >= 0.3 is 12.3 Å². The van der Waals surface area contributed by atoms with Gasteiger partial charge in [-0.3, -0.25) is 19.8 Å². The lowest BCUT2D eigenvalue weighted by Gasteiger charge is -2.34. The molecule has 3 amide bonds. The Bertz CT molecular complexity index is 1630. The first-order valence-electron chi connectivity index (χ1n) is 14.5. The summed E-state index contributed by atoms with van der Waals surface area (Å²) in [6.07, 6.45) is -3.03. The standard InChI is InChI=1S/C29H34F3N9O5/c1-18(2)27(43)34-15-24(42)39-6-4-38(5-7-39)16-19-12-22-26(40-8-10-46-11-9-40)36-25(37-41(22)17-19)20-14-33-23(35-28(44)45-3)13-21(20)29(30,31)32/h12-14,17H,1,4-11,15-16H2,2-3H3,(H,34,43)(H,33,35,44). The Morgan fingerprint density at radius 3 is 2.46 bits per heavy atom. The maximum atomic E-state index is 14.2. The van der Waals surface area contributed by atoms with E-state index in [1.165, 1.54) is 4.52 Å². The minimum atomic E-state index is -4.80. The van der Waals surface area contributed by atoms with Crippen molar-refractivity contribution in [1.29, 1.82) is 0 Å². The Morgan fingerprint density at radius 1 is 1.09 bits per heavy atom. The molecule has 246 valence electrons. The number of pyridine rings is 1. The Morgan fingerprint density at radius 2 is 1.80 bits per heavy atom. The van der Waals surface area contributed by atoms with E-state index in [0.717, 1.165) is 18.9 Å². The summed E-state index contributed by atoms with van der Waals surface area (Å²) >= 11 is 0. The van der Waals surface area contributed by atoms with Gasteiger partial charge < -0.3 is 24.6 Å². The first kappa shape index (κ1) is 32.6. The van der Waals surface area contributed by atoms with Crippen LogP contribution in [0, 0.1) is 0 Å². The van der Waals surface area contributed by atoms with Crippen LogP contribution in [0.5, 0.6) is 0 Å². The van der Waals surface area contributed by atoms with Gasteiger partial charge in [0.25, 0.3) is 0 Å². The van der Waals surface area contributed by atoms with Crippen molar-refractivity contribution in [2.45, 2.75) is 19.6 Å². The summed E-state index contributed by atoms with van der Waals surface area (Å²) in [6.45, 7) is 9.53. The molecule has 2 saturated heterocycles. The lowest BCUT2D eigenvalue weighted by Crippen LogP contribution is -2.50. The van der Waals surface area contributed by atoms with E-state index in [9.17, 15) is 27.6 Å². The van der Waals surface area contributed by atoms with Gasteiger partial charge in [0.1, 0.15) is 11.3 Å². The molecule has 14 nitrogen and oxygen atoms in total.